The van der Waals surface area contributed by atoms with Gasteiger partial charge in [-0.3, -0.25) is 9.59 Å². The third-order valence-corrected chi connectivity index (χ3v) is 2.72. The van der Waals surface area contributed by atoms with Gasteiger partial charge in [0.25, 0.3) is 0 Å². The van der Waals surface area contributed by atoms with Gasteiger partial charge < -0.3 is 4.42 Å². The molecule has 0 spiro atoms. The SMILES string of the molecule is O=Cc1coc2c(CCl)cc(Cl)cc2c1=O. The molecule has 0 aliphatic rings. The molecule has 1 aromatic heterocycles. The summed E-state index contributed by atoms with van der Waals surface area (Å²) in [5, 5.41) is 0.659. The fraction of sp³-hybridized carbons (Fsp3) is 0.0909. The van der Waals surface area contributed by atoms with Crippen LogP contribution in [0.2, 0.25) is 5.02 Å². The summed E-state index contributed by atoms with van der Waals surface area (Å²) >= 11 is 11.6. The number of fused-ring (bicyclic) bond motifs is 1. The number of rotatable bonds is 2. The lowest BCUT2D eigenvalue weighted by atomic mass is 10.1. The molecule has 3 nitrogen and oxygen atoms in total. The normalized spacial score (nSPS) is 10.6. The molecule has 0 bridgehead atoms. The van der Waals surface area contributed by atoms with Crippen molar-refractivity contribution in [2.24, 2.45) is 0 Å². The molecule has 0 atom stereocenters. The third kappa shape index (κ3) is 1.72. The predicted octanol–water partition coefficient (Wildman–Crippen LogP) is 3.00. The van der Waals surface area contributed by atoms with E-state index in [1.54, 1.807) is 6.07 Å². The van der Waals surface area contributed by atoms with Crippen molar-refractivity contribution in [2.75, 3.05) is 0 Å². The van der Waals surface area contributed by atoms with Crippen LogP contribution in [-0.2, 0) is 5.88 Å². The van der Waals surface area contributed by atoms with Crippen molar-refractivity contribution < 1.29 is 9.21 Å². The lowest BCUT2D eigenvalue weighted by Crippen LogP contribution is -2.08. The zero-order chi connectivity index (χ0) is 11.7. The molecule has 1 heterocycles. The summed E-state index contributed by atoms with van der Waals surface area (Å²) in [7, 11) is 0. The lowest BCUT2D eigenvalue weighted by Gasteiger charge is -2.03. The van der Waals surface area contributed by atoms with Crippen LogP contribution in [0.5, 0.6) is 0 Å². The number of benzene rings is 1. The number of alkyl halides is 1. The van der Waals surface area contributed by atoms with Gasteiger partial charge in [-0.1, -0.05) is 11.6 Å². The van der Waals surface area contributed by atoms with Gasteiger partial charge in [0, 0.05) is 10.6 Å². The molecule has 1 aromatic carbocycles. The van der Waals surface area contributed by atoms with Gasteiger partial charge in [0.15, 0.2) is 6.29 Å². The summed E-state index contributed by atoms with van der Waals surface area (Å²) in [5.41, 5.74) is 0.564. The van der Waals surface area contributed by atoms with E-state index in [-0.39, 0.29) is 16.8 Å². The van der Waals surface area contributed by atoms with Crippen LogP contribution in [0.4, 0.5) is 0 Å². The van der Waals surface area contributed by atoms with E-state index in [2.05, 4.69) is 0 Å². The summed E-state index contributed by atoms with van der Waals surface area (Å²) in [4.78, 5) is 22.4. The number of aldehydes is 1. The van der Waals surface area contributed by atoms with E-state index in [0.29, 0.717) is 22.5 Å². The number of carbonyl (C=O) groups excluding carboxylic acids is 1. The van der Waals surface area contributed by atoms with Crippen LogP contribution < -0.4 is 5.43 Å². The predicted molar refractivity (Wildman–Crippen MR) is 62.4 cm³/mol. The van der Waals surface area contributed by atoms with Gasteiger partial charge in [-0.25, -0.2) is 0 Å². The molecule has 82 valence electrons. The van der Waals surface area contributed by atoms with Crippen molar-refractivity contribution in [1.29, 1.82) is 0 Å². The van der Waals surface area contributed by atoms with E-state index < -0.39 is 5.43 Å². The molecule has 0 radical (unpaired) electrons. The van der Waals surface area contributed by atoms with Crippen molar-refractivity contribution in [3.05, 3.63) is 44.8 Å². The maximum absolute atomic E-state index is 11.8. The minimum absolute atomic E-state index is 0.0321. The fourth-order valence-electron chi connectivity index (χ4n) is 1.47. The minimum atomic E-state index is -0.398. The average Bonchev–Trinajstić information content (AvgIpc) is 2.29. The molecule has 5 heteroatoms. The number of carbonyl (C=O) groups is 1. The van der Waals surface area contributed by atoms with Crippen LogP contribution in [0.1, 0.15) is 15.9 Å². The molecule has 0 amide bonds. The Kier molecular flexibility index (Phi) is 2.99. The van der Waals surface area contributed by atoms with Gasteiger partial charge in [-0.05, 0) is 12.1 Å². The van der Waals surface area contributed by atoms with Crippen molar-refractivity contribution >= 4 is 40.5 Å². The molecular weight excluding hydrogens is 251 g/mol. The Morgan fingerprint density at radius 3 is 2.75 bits per heavy atom. The van der Waals surface area contributed by atoms with Gasteiger partial charge >= 0.3 is 0 Å². The summed E-state index contributed by atoms with van der Waals surface area (Å²) in [6.45, 7) is 0. The van der Waals surface area contributed by atoms with Crippen LogP contribution in [0, 0.1) is 0 Å². The largest absolute Gasteiger partial charge is 0.463 e. The van der Waals surface area contributed by atoms with Gasteiger partial charge in [-0.15, -0.1) is 11.6 Å². The fourth-order valence-corrected chi connectivity index (χ4v) is 1.91. The first-order valence-corrected chi connectivity index (χ1v) is 5.33. The highest BCUT2D eigenvalue weighted by molar-refractivity contribution is 6.31. The molecule has 16 heavy (non-hydrogen) atoms. The summed E-state index contributed by atoms with van der Waals surface area (Å²) in [6.07, 6.45) is 1.58. The zero-order valence-electron chi connectivity index (χ0n) is 8.00. The molecule has 2 rings (SSSR count). The minimum Gasteiger partial charge on any atom is -0.463 e. The highest BCUT2D eigenvalue weighted by Crippen LogP contribution is 2.23. The molecular formula is C11H6Cl2O3. The molecule has 0 saturated heterocycles. The van der Waals surface area contributed by atoms with Gasteiger partial charge in [0.2, 0.25) is 5.43 Å². The van der Waals surface area contributed by atoms with Crippen LogP contribution in [0.3, 0.4) is 0 Å². The third-order valence-electron chi connectivity index (χ3n) is 2.21. The van der Waals surface area contributed by atoms with E-state index in [4.69, 9.17) is 27.6 Å². The number of halogens is 2. The summed E-state index contributed by atoms with van der Waals surface area (Å²) < 4.78 is 5.22. The Morgan fingerprint density at radius 1 is 1.38 bits per heavy atom. The smallest absolute Gasteiger partial charge is 0.203 e. The molecule has 0 unspecified atom stereocenters. The summed E-state index contributed by atoms with van der Waals surface area (Å²) in [6, 6.07) is 3.09. The van der Waals surface area contributed by atoms with Crippen molar-refractivity contribution in [1.82, 2.24) is 0 Å². The molecule has 0 aliphatic carbocycles. The van der Waals surface area contributed by atoms with E-state index in [1.807, 2.05) is 0 Å². The first-order chi connectivity index (χ1) is 7.67. The average molecular weight is 257 g/mol. The monoisotopic (exact) mass is 256 g/mol. The maximum atomic E-state index is 11.8. The van der Waals surface area contributed by atoms with Crippen LogP contribution >= 0.6 is 23.2 Å². The second-order valence-electron chi connectivity index (χ2n) is 3.21. The van der Waals surface area contributed by atoms with Crippen molar-refractivity contribution in [2.45, 2.75) is 5.88 Å². The highest BCUT2D eigenvalue weighted by atomic mass is 35.5. The Hall–Kier alpha value is -1.32. The van der Waals surface area contributed by atoms with Gasteiger partial charge in [0.05, 0.1) is 16.8 Å². The first-order valence-electron chi connectivity index (χ1n) is 4.42. The molecule has 0 saturated carbocycles. The van der Waals surface area contributed by atoms with Crippen molar-refractivity contribution in [3.63, 3.8) is 0 Å². The topological polar surface area (TPSA) is 47.3 Å². The van der Waals surface area contributed by atoms with E-state index >= 15 is 0 Å². The van der Waals surface area contributed by atoms with Gasteiger partial charge in [-0.2, -0.15) is 0 Å². The highest BCUT2D eigenvalue weighted by Gasteiger charge is 2.10. The van der Waals surface area contributed by atoms with E-state index in [1.165, 1.54) is 6.07 Å². The van der Waals surface area contributed by atoms with E-state index in [9.17, 15) is 9.59 Å². The lowest BCUT2D eigenvalue weighted by molar-refractivity contribution is 0.112. The standard InChI is InChI=1S/C11H6Cl2O3/c12-3-6-1-8(13)2-9-10(15)7(4-14)5-16-11(6)9/h1-2,4-5H,3H2. The Balaban J connectivity index is 2.94. The van der Waals surface area contributed by atoms with Crippen LogP contribution in [-0.4, -0.2) is 6.29 Å². The quantitative estimate of drug-likeness (QED) is 0.613. The molecule has 2 aromatic rings. The molecule has 0 aliphatic heterocycles. The van der Waals surface area contributed by atoms with E-state index in [0.717, 1.165) is 6.26 Å². The summed E-state index contributed by atoms with van der Waals surface area (Å²) in [5.74, 6) is 0.181. The van der Waals surface area contributed by atoms with Crippen LogP contribution in [0.15, 0.2) is 27.6 Å². The number of hydrogen-bond donors (Lipinski definition) is 0. The first kappa shape index (κ1) is 11.2. The Bertz CT molecular complexity index is 616. The number of hydrogen-bond acceptors (Lipinski definition) is 3. The second kappa shape index (κ2) is 4.28. The zero-order valence-corrected chi connectivity index (χ0v) is 9.51. The molecule has 0 fully saturated rings. The van der Waals surface area contributed by atoms with Gasteiger partial charge in [0.1, 0.15) is 11.8 Å². The second-order valence-corrected chi connectivity index (χ2v) is 3.92. The maximum Gasteiger partial charge on any atom is 0.203 e. The molecule has 0 N–H and O–H groups in total. The Morgan fingerprint density at radius 2 is 2.12 bits per heavy atom. The van der Waals surface area contributed by atoms with Crippen LogP contribution in [0.25, 0.3) is 11.0 Å². The Labute approximate surface area is 101 Å². The van der Waals surface area contributed by atoms with Crippen molar-refractivity contribution in [3.8, 4) is 0 Å².